The molecule has 3 atom stereocenters. The van der Waals surface area contributed by atoms with Gasteiger partial charge in [-0.1, -0.05) is 24.3 Å². The van der Waals surface area contributed by atoms with Crippen LogP contribution in [0.25, 0.3) is 10.8 Å². The molecule has 3 nitrogen and oxygen atoms in total. The molecule has 1 N–H and O–H groups in total. The highest BCUT2D eigenvalue weighted by molar-refractivity contribution is 5.85. The molecular weight excluding hydrogens is 236 g/mol. The highest BCUT2D eigenvalue weighted by Crippen LogP contribution is 2.44. The lowest BCUT2D eigenvalue weighted by molar-refractivity contribution is -0.0492. The van der Waals surface area contributed by atoms with Crippen molar-refractivity contribution < 1.29 is 5.11 Å². The van der Waals surface area contributed by atoms with Gasteiger partial charge in [0, 0.05) is 42.4 Å². The first kappa shape index (κ1) is 11.4. The van der Waals surface area contributed by atoms with E-state index in [1.54, 1.807) is 0 Å². The Hall–Kier alpha value is -1.45. The summed E-state index contributed by atoms with van der Waals surface area (Å²) in [5.74, 6) is 0.355. The molecule has 0 radical (unpaired) electrons. The van der Waals surface area contributed by atoms with Crippen molar-refractivity contribution in [3.63, 3.8) is 0 Å². The van der Waals surface area contributed by atoms with Gasteiger partial charge in [-0.2, -0.15) is 0 Å². The van der Waals surface area contributed by atoms with Gasteiger partial charge in [0.05, 0.1) is 5.60 Å². The molecule has 2 saturated heterocycles. The Balaban J connectivity index is 1.89. The Morgan fingerprint density at radius 2 is 2.11 bits per heavy atom. The zero-order valence-electron chi connectivity index (χ0n) is 10.9. The third kappa shape index (κ3) is 1.62. The van der Waals surface area contributed by atoms with Gasteiger partial charge >= 0.3 is 0 Å². The van der Waals surface area contributed by atoms with E-state index in [0.717, 1.165) is 48.8 Å². The highest BCUT2D eigenvalue weighted by atomic mass is 16.3. The third-order valence-corrected chi connectivity index (χ3v) is 4.89. The number of piperidine rings is 1. The van der Waals surface area contributed by atoms with E-state index in [1.165, 1.54) is 0 Å². The number of hydrogen-bond acceptors (Lipinski definition) is 3. The average molecular weight is 254 g/mol. The Morgan fingerprint density at radius 1 is 1.21 bits per heavy atom. The number of aromatic nitrogens is 1. The van der Waals surface area contributed by atoms with Crippen molar-refractivity contribution in [1.82, 2.24) is 9.88 Å². The van der Waals surface area contributed by atoms with Crippen LogP contribution in [0.5, 0.6) is 0 Å². The van der Waals surface area contributed by atoms with Crippen LogP contribution >= 0.6 is 0 Å². The second kappa shape index (κ2) is 4.02. The van der Waals surface area contributed by atoms with Crippen LogP contribution in [0.2, 0.25) is 0 Å². The molecule has 0 amide bonds. The van der Waals surface area contributed by atoms with Gasteiger partial charge in [0.15, 0.2) is 0 Å². The van der Waals surface area contributed by atoms with Crippen molar-refractivity contribution in [1.29, 1.82) is 0 Å². The number of nitrogens with zero attached hydrogens (tertiary/aromatic N) is 2. The van der Waals surface area contributed by atoms with Crippen LogP contribution in [-0.4, -0.2) is 34.6 Å². The fourth-order valence-corrected chi connectivity index (χ4v) is 3.77. The van der Waals surface area contributed by atoms with Gasteiger partial charge in [-0.15, -0.1) is 0 Å². The standard InChI is InChI=1S/C16H18N2O/c19-16(6-8-18-7-5-13(16)11-18)15-10-17-9-12-3-1-2-4-14(12)15/h1-4,9-10,13,19H,5-8,11H2. The van der Waals surface area contributed by atoms with Gasteiger partial charge in [0.25, 0.3) is 0 Å². The number of aliphatic hydroxyl groups is 1. The molecule has 3 heterocycles. The number of rotatable bonds is 1. The first-order chi connectivity index (χ1) is 9.27. The molecule has 1 aromatic carbocycles. The number of pyridine rings is 1. The molecule has 1 aromatic heterocycles. The van der Waals surface area contributed by atoms with Gasteiger partial charge in [-0.3, -0.25) is 4.98 Å². The zero-order chi connectivity index (χ0) is 12.9. The van der Waals surface area contributed by atoms with Crippen LogP contribution in [0, 0.1) is 5.92 Å². The Labute approximate surface area is 112 Å². The van der Waals surface area contributed by atoms with Gasteiger partial charge in [0.1, 0.15) is 0 Å². The van der Waals surface area contributed by atoms with E-state index in [9.17, 15) is 5.11 Å². The quantitative estimate of drug-likeness (QED) is 0.847. The lowest BCUT2D eigenvalue weighted by atomic mass is 9.76. The Bertz CT molecular complexity index is 622. The summed E-state index contributed by atoms with van der Waals surface area (Å²) in [6, 6.07) is 8.24. The number of fused-ring (bicyclic) bond motifs is 3. The van der Waals surface area contributed by atoms with Gasteiger partial charge in [-0.05, 0) is 24.8 Å². The minimum Gasteiger partial charge on any atom is -0.385 e. The summed E-state index contributed by atoms with van der Waals surface area (Å²) < 4.78 is 0. The Morgan fingerprint density at radius 3 is 3.05 bits per heavy atom. The van der Waals surface area contributed by atoms with Crippen LogP contribution in [0.15, 0.2) is 36.7 Å². The van der Waals surface area contributed by atoms with Gasteiger partial charge in [0.2, 0.25) is 0 Å². The average Bonchev–Trinajstić information content (AvgIpc) is 2.88. The molecule has 19 heavy (non-hydrogen) atoms. The Kier molecular flexibility index (Phi) is 2.41. The van der Waals surface area contributed by atoms with E-state index in [1.807, 2.05) is 24.5 Å². The molecule has 2 aliphatic rings. The molecular formula is C16H18N2O. The molecule has 2 bridgehead atoms. The first-order valence-electron chi connectivity index (χ1n) is 7.05. The number of hydrogen-bond donors (Lipinski definition) is 1. The summed E-state index contributed by atoms with van der Waals surface area (Å²) in [5, 5.41) is 13.5. The molecule has 3 heteroatoms. The van der Waals surface area contributed by atoms with Crippen molar-refractivity contribution in [3.8, 4) is 0 Å². The monoisotopic (exact) mass is 254 g/mol. The summed E-state index contributed by atoms with van der Waals surface area (Å²) in [4.78, 5) is 6.80. The topological polar surface area (TPSA) is 36.4 Å². The molecule has 98 valence electrons. The van der Waals surface area contributed by atoms with E-state index >= 15 is 0 Å². The SMILES string of the molecule is OC1(c2cncc3ccccc23)CCN2CCC1C2. The largest absolute Gasteiger partial charge is 0.385 e. The van der Waals surface area contributed by atoms with E-state index in [-0.39, 0.29) is 0 Å². The summed E-state index contributed by atoms with van der Waals surface area (Å²) in [6.07, 6.45) is 5.68. The third-order valence-electron chi connectivity index (χ3n) is 4.89. The maximum absolute atomic E-state index is 11.3. The van der Waals surface area contributed by atoms with E-state index in [4.69, 9.17) is 0 Å². The van der Waals surface area contributed by atoms with Crippen molar-refractivity contribution in [3.05, 3.63) is 42.2 Å². The summed E-state index contributed by atoms with van der Waals surface area (Å²) in [5.41, 5.74) is 0.332. The predicted octanol–water partition coefficient (Wildman–Crippen LogP) is 2.15. The fraction of sp³-hybridized carbons (Fsp3) is 0.438. The summed E-state index contributed by atoms with van der Waals surface area (Å²) in [6.45, 7) is 3.15. The van der Waals surface area contributed by atoms with Gasteiger partial charge in [-0.25, -0.2) is 0 Å². The van der Waals surface area contributed by atoms with Crippen molar-refractivity contribution in [2.75, 3.05) is 19.6 Å². The van der Waals surface area contributed by atoms with E-state index in [2.05, 4.69) is 22.0 Å². The molecule has 2 aliphatic heterocycles. The van der Waals surface area contributed by atoms with Crippen molar-refractivity contribution in [2.45, 2.75) is 18.4 Å². The lowest BCUT2D eigenvalue weighted by Gasteiger charge is -2.39. The maximum atomic E-state index is 11.3. The second-order valence-corrected chi connectivity index (χ2v) is 5.87. The van der Waals surface area contributed by atoms with Crippen molar-refractivity contribution >= 4 is 10.8 Å². The zero-order valence-corrected chi connectivity index (χ0v) is 10.9. The molecule has 0 aliphatic carbocycles. The van der Waals surface area contributed by atoms with Crippen LogP contribution < -0.4 is 0 Å². The molecule has 2 aromatic rings. The summed E-state index contributed by atoms with van der Waals surface area (Å²) in [7, 11) is 0. The fourth-order valence-electron chi connectivity index (χ4n) is 3.77. The van der Waals surface area contributed by atoms with Crippen LogP contribution in [-0.2, 0) is 5.60 Å². The highest BCUT2D eigenvalue weighted by Gasteiger charge is 2.46. The second-order valence-electron chi connectivity index (χ2n) is 5.87. The smallest absolute Gasteiger partial charge is 0.0970 e. The van der Waals surface area contributed by atoms with E-state index in [0.29, 0.717) is 5.92 Å². The molecule has 0 saturated carbocycles. The van der Waals surface area contributed by atoms with Crippen LogP contribution in [0.1, 0.15) is 18.4 Å². The molecule has 2 fully saturated rings. The molecule has 4 rings (SSSR count). The van der Waals surface area contributed by atoms with Crippen molar-refractivity contribution in [2.24, 2.45) is 5.92 Å². The number of benzene rings is 1. The molecule has 3 unspecified atom stereocenters. The maximum Gasteiger partial charge on any atom is 0.0970 e. The van der Waals surface area contributed by atoms with Gasteiger partial charge < -0.3 is 10.0 Å². The van der Waals surface area contributed by atoms with Crippen LogP contribution in [0.4, 0.5) is 0 Å². The van der Waals surface area contributed by atoms with Crippen LogP contribution in [0.3, 0.4) is 0 Å². The predicted molar refractivity (Wildman–Crippen MR) is 74.8 cm³/mol. The normalized spacial score (nSPS) is 33.7. The minimum atomic E-state index is -0.694. The first-order valence-corrected chi connectivity index (χ1v) is 7.05. The lowest BCUT2D eigenvalue weighted by Crippen LogP contribution is -2.44. The summed E-state index contributed by atoms with van der Waals surface area (Å²) >= 11 is 0. The molecule has 0 spiro atoms. The minimum absolute atomic E-state index is 0.355. The van der Waals surface area contributed by atoms with E-state index < -0.39 is 5.60 Å².